The molecule has 2 aliphatic rings. The van der Waals surface area contributed by atoms with Gasteiger partial charge < -0.3 is 4.90 Å². The van der Waals surface area contributed by atoms with Gasteiger partial charge in [0.25, 0.3) is 10.0 Å². The van der Waals surface area contributed by atoms with Crippen molar-refractivity contribution in [2.45, 2.75) is 36.9 Å². The quantitative estimate of drug-likeness (QED) is 0.891. The van der Waals surface area contributed by atoms with Crippen molar-refractivity contribution in [1.29, 1.82) is 0 Å². The van der Waals surface area contributed by atoms with Gasteiger partial charge >= 0.3 is 0 Å². The molecule has 1 amide bonds. The Bertz CT molecular complexity index is 930. The molecule has 0 spiro atoms. The molecular formula is C18H20N2O3S2. The van der Waals surface area contributed by atoms with Crippen LogP contribution in [-0.2, 0) is 27.8 Å². The Hall–Kier alpha value is -1.86. The van der Waals surface area contributed by atoms with Crippen molar-refractivity contribution in [3.8, 4) is 0 Å². The maximum Gasteiger partial charge on any atom is 0.271 e. The molecule has 0 saturated heterocycles. The van der Waals surface area contributed by atoms with Crippen LogP contribution in [0.2, 0.25) is 0 Å². The summed E-state index contributed by atoms with van der Waals surface area (Å²) < 4.78 is 28.4. The van der Waals surface area contributed by atoms with E-state index in [1.165, 1.54) is 11.3 Å². The summed E-state index contributed by atoms with van der Waals surface area (Å²) >= 11 is 1.32. The van der Waals surface area contributed by atoms with E-state index < -0.39 is 10.0 Å². The topological polar surface area (TPSA) is 66.5 Å². The molecule has 1 aliphatic carbocycles. The number of benzene rings is 1. The number of hydrogen-bond acceptors (Lipinski definition) is 4. The fraction of sp³-hybridized carbons (Fsp3) is 0.389. The lowest BCUT2D eigenvalue weighted by Crippen LogP contribution is -2.36. The average molecular weight is 377 g/mol. The Kier molecular flexibility index (Phi) is 4.08. The van der Waals surface area contributed by atoms with E-state index >= 15 is 0 Å². The molecule has 1 aliphatic heterocycles. The number of aryl methyl sites for hydroxylation is 1. The van der Waals surface area contributed by atoms with Crippen LogP contribution in [0.3, 0.4) is 0 Å². The fourth-order valence-electron chi connectivity index (χ4n) is 3.10. The van der Waals surface area contributed by atoms with Gasteiger partial charge in [-0.15, -0.1) is 11.3 Å². The third kappa shape index (κ3) is 3.30. The zero-order chi connectivity index (χ0) is 17.6. The van der Waals surface area contributed by atoms with Gasteiger partial charge in [-0.05, 0) is 49.4 Å². The smallest absolute Gasteiger partial charge is 0.271 e. The minimum atomic E-state index is -3.61. The third-order valence-electron chi connectivity index (χ3n) is 4.74. The molecule has 1 N–H and O–H groups in total. The summed E-state index contributed by atoms with van der Waals surface area (Å²) in [6, 6.07) is 9.05. The Morgan fingerprint density at radius 3 is 2.76 bits per heavy atom. The van der Waals surface area contributed by atoms with Gasteiger partial charge in [0.05, 0.1) is 5.69 Å². The molecule has 4 rings (SSSR count). The monoisotopic (exact) mass is 376 g/mol. The summed E-state index contributed by atoms with van der Waals surface area (Å²) in [6.07, 6.45) is 2.72. The first-order valence-electron chi connectivity index (χ1n) is 8.43. The normalized spacial score (nSPS) is 17.2. The van der Waals surface area contributed by atoms with Crippen LogP contribution in [0, 0.1) is 12.8 Å². The highest BCUT2D eigenvalue weighted by Gasteiger charge is 2.35. The van der Waals surface area contributed by atoms with Crippen molar-refractivity contribution in [2.75, 3.05) is 11.3 Å². The van der Waals surface area contributed by atoms with E-state index in [1.54, 1.807) is 12.1 Å². The Morgan fingerprint density at radius 1 is 1.28 bits per heavy atom. The third-order valence-corrected chi connectivity index (χ3v) is 7.81. The first-order valence-corrected chi connectivity index (χ1v) is 10.7. The van der Waals surface area contributed by atoms with Gasteiger partial charge in [0, 0.05) is 23.9 Å². The highest BCUT2D eigenvalue weighted by molar-refractivity contribution is 7.94. The van der Waals surface area contributed by atoms with Crippen LogP contribution in [-0.4, -0.2) is 25.8 Å². The van der Waals surface area contributed by atoms with Crippen molar-refractivity contribution >= 4 is 33.0 Å². The molecule has 1 fully saturated rings. The van der Waals surface area contributed by atoms with Crippen LogP contribution in [0.25, 0.3) is 0 Å². The largest absolute Gasteiger partial charge is 0.338 e. The van der Waals surface area contributed by atoms with Gasteiger partial charge in [-0.2, -0.15) is 0 Å². The van der Waals surface area contributed by atoms with Gasteiger partial charge in [0.15, 0.2) is 0 Å². The van der Waals surface area contributed by atoms with Crippen LogP contribution in [0.4, 0.5) is 5.69 Å². The molecule has 7 heteroatoms. The van der Waals surface area contributed by atoms with Gasteiger partial charge in [-0.1, -0.05) is 18.2 Å². The van der Waals surface area contributed by atoms with Gasteiger partial charge in [0.2, 0.25) is 5.91 Å². The molecule has 0 atom stereocenters. The highest BCUT2D eigenvalue weighted by Crippen LogP contribution is 2.36. The van der Waals surface area contributed by atoms with E-state index in [4.69, 9.17) is 0 Å². The minimum absolute atomic E-state index is 0.200. The highest BCUT2D eigenvalue weighted by atomic mass is 32.2. The first kappa shape index (κ1) is 16.6. The number of nitrogens with one attached hydrogen (secondary N) is 1. The molecule has 132 valence electrons. The molecule has 2 aromatic rings. The summed E-state index contributed by atoms with van der Waals surface area (Å²) in [7, 11) is -3.61. The van der Waals surface area contributed by atoms with E-state index in [0.29, 0.717) is 23.0 Å². The van der Waals surface area contributed by atoms with E-state index in [1.807, 2.05) is 30.0 Å². The molecule has 0 radical (unpaired) electrons. The number of amides is 1. The number of rotatable bonds is 4. The Labute approximate surface area is 151 Å². The standard InChI is InChI=1S/C18H20N2O3S2/c1-12-4-2-3-5-15(12)19-25(22,23)17-10-14-11-20(9-8-16(14)24-17)18(21)13-6-7-13/h2-5,10,13,19H,6-9,11H2,1H3. The van der Waals surface area contributed by atoms with Gasteiger partial charge in [-0.3, -0.25) is 9.52 Å². The molecule has 1 aromatic carbocycles. The molecule has 25 heavy (non-hydrogen) atoms. The maximum atomic E-state index is 12.7. The van der Waals surface area contributed by atoms with Gasteiger partial charge in [0.1, 0.15) is 4.21 Å². The van der Waals surface area contributed by atoms with Crippen LogP contribution >= 0.6 is 11.3 Å². The zero-order valence-corrected chi connectivity index (χ0v) is 15.6. The summed E-state index contributed by atoms with van der Waals surface area (Å²) in [5, 5.41) is 0. The van der Waals surface area contributed by atoms with E-state index in [2.05, 4.69) is 4.72 Å². The van der Waals surface area contributed by atoms with Crippen molar-refractivity contribution in [2.24, 2.45) is 5.92 Å². The van der Waals surface area contributed by atoms with Crippen molar-refractivity contribution < 1.29 is 13.2 Å². The summed E-state index contributed by atoms with van der Waals surface area (Å²) in [5.41, 5.74) is 2.45. The van der Waals surface area contributed by atoms with Gasteiger partial charge in [-0.25, -0.2) is 8.42 Å². The number of para-hydroxylation sites is 1. The van der Waals surface area contributed by atoms with Crippen molar-refractivity contribution in [3.63, 3.8) is 0 Å². The summed E-state index contributed by atoms with van der Waals surface area (Å²) in [6.45, 7) is 3.09. The Morgan fingerprint density at radius 2 is 2.04 bits per heavy atom. The lowest BCUT2D eigenvalue weighted by molar-refractivity contribution is -0.133. The average Bonchev–Trinajstić information content (AvgIpc) is 3.34. The number of carbonyl (C=O) groups excluding carboxylic acids is 1. The second-order valence-electron chi connectivity index (χ2n) is 6.72. The van der Waals surface area contributed by atoms with Crippen LogP contribution in [0.1, 0.15) is 28.8 Å². The second-order valence-corrected chi connectivity index (χ2v) is 9.76. The zero-order valence-electron chi connectivity index (χ0n) is 14.0. The van der Waals surface area contributed by atoms with Crippen molar-refractivity contribution in [1.82, 2.24) is 4.90 Å². The number of thiophene rings is 1. The lowest BCUT2D eigenvalue weighted by atomic mass is 10.1. The number of carbonyl (C=O) groups is 1. The summed E-state index contributed by atoms with van der Waals surface area (Å²) in [4.78, 5) is 15.2. The summed E-state index contributed by atoms with van der Waals surface area (Å²) in [5.74, 6) is 0.422. The molecule has 5 nitrogen and oxygen atoms in total. The molecule has 0 unspecified atom stereocenters. The fourth-order valence-corrected chi connectivity index (χ4v) is 5.77. The number of sulfonamides is 1. The number of anilines is 1. The number of nitrogens with zero attached hydrogens (tertiary/aromatic N) is 1. The first-order chi connectivity index (χ1) is 11.9. The minimum Gasteiger partial charge on any atom is -0.338 e. The SMILES string of the molecule is Cc1ccccc1NS(=O)(=O)c1cc2c(s1)CCN(C(=O)C1CC1)C2. The Balaban J connectivity index is 1.56. The number of fused-ring (bicyclic) bond motifs is 1. The molecule has 1 aromatic heterocycles. The predicted octanol–water partition coefficient (Wildman–Crippen LogP) is 3.15. The van der Waals surface area contributed by atoms with Crippen LogP contribution in [0.15, 0.2) is 34.5 Å². The van der Waals surface area contributed by atoms with E-state index in [-0.39, 0.29) is 11.8 Å². The van der Waals surface area contributed by atoms with Crippen molar-refractivity contribution in [3.05, 3.63) is 46.3 Å². The second kappa shape index (κ2) is 6.14. The molecule has 2 heterocycles. The molecular weight excluding hydrogens is 356 g/mol. The maximum absolute atomic E-state index is 12.7. The van der Waals surface area contributed by atoms with Crippen LogP contribution in [0.5, 0.6) is 0 Å². The predicted molar refractivity (Wildman–Crippen MR) is 98.2 cm³/mol. The van der Waals surface area contributed by atoms with Crippen LogP contribution < -0.4 is 4.72 Å². The molecule has 0 bridgehead atoms. The molecule has 1 saturated carbocycles. The van der Waals surface area contributed by atoms with E-state index in [0.717, 1.165) is 35.3 Å². The van der Waals surface area contributed by atoms with E-state index in [9.17, 15) is 13.2 Å². The lowest BCUT2D eigenvalue weighted by Gasteiger charge is -2.26. The number of hydrogen-bond donors (Lipinski definition) is 1.